The van der Waals surface area contributed by atoms with Gasteiger partial charge in [0.05, 0.1) is 0 Å². The third-order valence-electron chi connectivity index (χ3n) is 4.96. The molecule has 0 aromatic heterocycles. The molecule has 0 N–H and O–H groups in total. The quantitative estimate of drug-likeness (QED) is 0.318. The van der Waals surface area contributed by atoms with Crippen molar-refractivity contribution >= 4 is 51.4 Å². The molecule has 0 aliphatic rings. The Morgan fingerprint density at radius 1 is 0.524 bits per heavy atom. The van der Waals surface area contributed by atoms with Crippen molar-refractivity contribution in [1.29, 1.82) is 0 Å². The summed E-state index contributed by atoms with van der Waals surface area (Å²) in [6.45, 7) is 14.3. The Morgan fingerprint density at radius 2 is 0.857 bits per heavy atom. The van der Waals surface area contributed by atoms with Crippen LogP contribution in [0.3, 0.4) is 0 Å². The van der Waals surface area contributed by atoms with Crippen LogP contribution < -0.4 is 0 Å². The fraction of sp³-hybridized carbons (Fsp3) is 1.00. The molecule has 0 nitrogen and oxygen atoms in total. The van der Waals surface area contributed by atoms with Gasteiger partial charge >= 0.3 is 0 Å². The van der Waals surface area contributed by atoms with Gasteiger partial charge in [-0.15, -0.1) is 0 Å². The maximum Gasteiger partial charge on any atom is 0 e. The number of hydrogen-bond donors (Lipinski definition) is 0. The first-order valence-electron chi connectivity index (χ1n) is 9.45. The molecular weight excluding hydrogens is 279 g/mol. The Hall–Kier alpha value is 1.64. The molecule has 123 valence electrons. The summed E-state index contributed by atoms with van der Waals surface area (Å²) in [4.78, 5) is 0. The second kappa shape index (κ2) is 16.5. The molecule has 3 atom stereocenters. The van der Waals surface area contributed by atoms with E-state index in [2.05, 4.69) is 41.5 Å². The average Bonchev–Trinajstić information content (AvgIpc) is 2.38. The van der Waals surface area contributed by atoms with E-state index in [1.807, 2.05) is 0 Å². The molecule has 3 unspecified atom stereocenters. The molecule has 0 fully saturated rings. The summed E-state index contributed by atoms with van der Waals surface area (Å²) in [6, 6.07) is 0. The molecule has 0 aliphatic heterocycles. The van der Waals surface area contributed by atoms with E-state index in [1.54, 1.807) is 0 Å². The zero-order chi connectivity index (χ0) is 15.4. The van der Waals surface area contributed by atoms with Gasteiger partial charge in [-0.3, -0.25) is 0 Å². The van der Waals surface area contributed by atoms with E-state index in [4.69, 9.17) is 0 Å². The third-order valence-corrected chi connectivity index (χ3v) is 4.96. The van der Waals surface area contributed by atoms with Gasteiger partial charge in [-0.1, -0.05) is 106 Å². The fourth-order valence-electron chi connectivity index (χ4n) is 3.00. The van der Waals surface area contributed by atoms with Crippen molar-refractivity contribution in [2.45, 2.75) is 106 Å². The van der Waals surface area contributed by atoms with Crippen molar-refractivity contribution in [2.24, 2.45) is 23.7 Å². The van der Waals surface area contributed by atoms with Gasteiger partial charge in [0.2, 0.25) is 0 Å². The fourth-order valence-corrected chi connectivity index (χ4v) is 3.00. The second-order valence-corrected chi connectivity index (χ2v) is 7.91. The molecule has 1 heteroatoms. The Bertz CT molecular complexity index is 200. The predicted molar refractivity (Wildman–Crippen MR) is 99.9 cm³/mol. The van der Waals surface area contributed by atoms with E-state index < -0.39 is 0 Å². The maximum absolute atomic E-state index is 2.46. The summed E-state index contributed by atoms with van der Waals surface area (Å²) >= 11 is 0. The third kappa shape index (κ3) is 17.8. The molecular formula is C20H42K. The maximum atomic E-state index is 2.46. The van der Waals surface area contributed by atoms with Gasteiger partial charge in [-0.05, 0) is 23.7 Å². The van der Waals surface area contributed by atoms with Crippen LogP contribution >= 0.6 is 0 Å². The van der Waals surface area contributed by atoms with E-state index in [0.29, 0.717) is 0 Å². The second-order valence-electron chi connectivity index (χ2n) is 7.91. The van der Waals surface area contributed by atoms with Crippen LogP contribution in [-0.2, 0) is 0 Å². The first-order valence-corrected chi connectivity index (χ1v) is 9.45. The van der Waals surface area contributed by atoms with Crippen molar-refractivity contribution in [3.8, 4) is 0 Å². The van der Waals surface area contributed by atoms with Crippen LogP contribution in [0.2, 0.25) is 0 Å². The minimum Gasteiger partial charge on any atom is -0.0651 e. The first-order chi connectivity index (χ1) is 9.45. The van der Waals surface area contributed by atoms with Crippen LogP contribution in [0.4, 0.5) is 0 Å². The van der Waals surface area contributed by atoms with Crippen molar-refractivity contribution in [2.75, 3.05) is 0 Å². The van der Waals surface area contributed by atoms with Gasteiger partial charge in [0, 0.05) is 51.4 Å². The molecule has 0 heterocycles. The SMILES string of the molecule is CCC(C)CCCC(C)CCCC(C)CCCC(C)C.[K]. The molecule has 1 radical (unpaired) electrons. The summed E-state index contributed by atoms with van der Waals surface area (Å²) in [6.07, 6.45) is 14.3. The van der Waals surface area contributed by atoms with Gasteiger partial charge < -0.3 is 0 Å². The minimum atomic E-state index is 0. The van der Waals surface area contributed by atoms with Gasteiger partial charge in [-0.25, -0.2) is 0 Å². The van der Waals surface area contributed by atoms with Crippen LogP contribution in [0.1, 0.15) is 106 Å². The molecule has 0 aliphatic carbocycles. The Kier molecular flexibility index (Phi) is 19.5. The van der Waals surface area contributed by atoms with E-state index in [9.17, 15) is 0 Å². The van der Waals surface area contributed by atoms with Gasteiger partial charge in [0.1, 0.15) is 0 Å². The topological polar surface area (TPSA) is 0 Å². The summed E-state index contributed by atoms with van der Waals surface area (Å²) in [5.41, 5.74) is 0. The van der Waals surface area contributed by atoms with Gasteiger partial charge in [0.25, 0.3) is 0 Å². The standard InChI is InChI=1S/C20H42.K/c1-7-18(4)12-9-14-20(6)16-10-15-19(5)13-8-11-17(2)3;/h17-20H,7-16H2,1-6H3;. The van der Waals surface area contributed by atoms with E-state index in [1.165, 1.54) is 64.2 Å². The van der Waals surface area contributed by atoms with Crippen molar-refractivity contribution in [3.63, 3.8) is 0 Å². The summed E-state index contributed by atoms with van der Waals surface area (Å²) in [7, 11) is 0. The predicted octanol–water partition coefficient (Wildman–Crippen LogP) is 7.09. The molecule has 0 spiro atoms. The zero-order valence-corrected chi connectivity index (χ0v) is 19.5. The van der Waals surface area contributed by atoms with Crippen LogP contribution in [-0.4, -0.2) is 51.4 Å². The molecule has 0 rings (SSSR count). The van der Waals surface area contributed by atoms with Gasteiger partial charge in [0.15, 0.2) is 0 Å². The molecule has 0 aromatic carbocycles. The van der Waals surface area contributed by atoms with Crippen molar-refractivity contribution < 1.29 is 0 Å². The molecule has 21 heavy (non-hydrogen) atoms. The monoisotopic (exact) mass is 321 g/mol. The largest absolute Gasteiger partial charge is 0.0651 e. The normalized spacial score (nSPS) is 15.6. The summed E-state index contributed by atoms with van der Waals surface area (Å²) in [5.74, 6) is 3.71. The number of hydrogen-bond acceptors (Lipinski definition) is 0. The molecule has 0 saturated heterocycles. The Morgan fingerprint density at radius 3 is 1.19 bits per heavy atom. The van der Waals surface area contributed by atoms with Crippen LogP contribution in [0.25, 0.3) is 0 Å². The molecule has 0 aromatic rings. The summed E-state index contributed by atoms with van der Waals surface area (Å²) < 4.78 is 0. The molecule has 0 amide bonds. The average molecular weight is 322 g/mol. The van der Waals surface area contributed by atoms with Crippen LogP contribution in [0.5, 0.6) is 0 Å². The Balaban J connectivity index is 0. The van der Waals surface area contributed by atoms with Crippen LogP contribution in [0, 0.1) is 23.7 Å². The first kappa shape index (κ1) is 24.9. The van der Waals surface area contributed by atoms with Crippen LogP contribution in [0.15, 0.2) is 0 Å². The minimum absolute atomic E-state index is 0. The van der Waals surface area contributed by atoms with Gasteiger partial charge in [-0.2, -0.15) is 0 Å². The smallest absolute Gasteiger partial charge is 0 e. The van der Waals surface area contributed by atoms with E-state index in [-0.39, 0.29) is 51.4 Å². The number of rotatable bonds is 13. The van der Waals surface area contributed by atoms with E-state index in [0.717, 1.165) is 23.7 Å². The molecule has 0 saturated carbocycles. The zero-order valence-electron chi connectivity index (χ0n) is 16.4. The van der Waals surface area contributed by atoms with Crippen molar-refractivity contribution in [1.82, 2.24) is 0 Å². The summed E-state index contributed by atoms with van der Waals surface area (Å²) in [5, 5.41) is 0. The van der Waals surface area contributed by atoms with Crippen molar-refractivity contribution in [3.05, 3.63) is 0 Å². The molecule has 0 bridgehead atoms. The van der Waals surface area contributed by atoms with E-state index >= 15 is 0 Å². The Labute approximate surface area is 179 Å².